The fourth-order valence-electron chi connectivity index (χ4n) is 2.05. The van der Waals surface area contributed by atoms with E-state index >= 15 is 0 Å². The Kier molecular flexibility index (Phi) is 2.56. The number of pyridine rings is 1. The van der Waals surface area contributed by atoms with Crippen LogP contribution in [0.3, 0.4) is 0 Å². The first-order chi connectivity index (χ1) is 9.15. The molecule has 2 aromatic rings. The molecule has 0 fully saturated rings. The summed E-state index contributed by atoms with van der Waals surface area (Å²) in [6, 6.07) is 3.30. The van der Waals surface area contributed by atoms with Crippen molar-refractivity contribution < 1.29 is 14.7 Å². The molecule has 19 heavy (non-hydrogen) atoms. The number of rotatable bonds is 2. The van der Waals surface area contributed by atoms with E-state index in [0.29, 0.717) is 24.3 Å². The van der Waals surface area contributed by atoms with Crippen molar-refractivity contribution in [1.82, 2.24) is 14.3 Å². The second-order valence-corrected chi connectivity index (χ2v) is 4.30. The van der Waals surface area contributed by atoms with E-state index in [-0.39, 0.29) is 11.6 Å². The van der Waals surface area contributed by atoms with Gasteiger partial charge in [0.25, 0.3) is 5.91 Å². The summed E-state index contributed by atoms with van der Waals surface area (Å²) in [6.45, 7) is 1.22. The number of imidazole rings is 1. The number of hydrogen-bond donors (Lipinski definition) is 1. The molecule has 0 bridgehead atoms. The fourth-order valence-corrected chi connectivity index (χ4v) is 2.05. The van der Waals surface area contributed by atoms with Gasteiger partial charge in [-0.15, -0.1) is 0 Å². The average molecular weight is 257 g/mol. The molecule has 1 aliphatic heterocycles. The maximum absolute atomic E-state index is 12.2. The molecule has 3 heterocycles. The minimum Gasteiger partial charge on any atom is -0.476 e. The number of nitrogens with zero attached hydrogens (tertiary/aromatic N) is 3. The maximum atomic E-state index is 12.2. The van der Waals surface area contributed by atoms with E-state index in [1.807, 2.05) is 12.2 Å². The maximum Gasteiger partial charge on any atom is 0.356 e. The van der Waals surface area contributed by atoms with Crippen LogP contribution in [0.2, 0.25) is 0 Å². The monoisotopic (exact) mass is 257 g/mol. The summed E-state index contributed by atoms with van der Waals surface area (Å²) in [6.07, 6.45) is 6.89. The van der Waals surface area contributed by atoms with Crippen molar-refractivity contribution in [2.75, 3.05) is 13.1 Å². The van der Waals surface area contributed by atoms with Crippen LogP contribution in [0.5, 0.6) is 0 Å². The van der Waals surface area contributed by atoms with E-state index in [0.717, 1.165) is 0 Å². The number of carboxylic acids is 1. The average Bonchev–Trinajstić information content (AvgIpc) is 3.06. The highest BCUT2D eigenvalue weighted by molar-refractivity contribution is 5.95. The van der Waals surface area contributed by atoms with Crippen molar-refractivity contribution in [3.8, 4) is 0 Å². The SMILES string of the molecule is O=C(O)c1cn2cc(C(=O)N3CC=CC3)ccc2n1. The number of hydrogen-bond acceptors (Lipinski definition) is 3. The van der Waals surface area contributed by atoms with Crippen molar-refractivity contribution in [2.24, 2.45) is 0 Å². The minimum absolute atomic E-state index is 0.0348. The van der Waals surface area contributed by atoms with Gasteiger partial charge in [-0.05, 0) is 12.1 Å². The zero-order valence-electron chi connectivity index (χ0n) is 9.98. The molecule has 1 N–H and O–H groups in total. The molecule has 0 spiro atoms. The number of carbonyl (C=O) groups excluding carboxylic acids is 1. The molecule has 3 rings (SSSR count). The third kappa shape index (κ3) is 1.97. The molecule has 0 unspecified atom stereocenters. The van der Waals surface area contributed by atoms with Crippen LogP contribution in [0.25, 0.3) is 5.65 Å². The summed E-state index contributed by atoms with van der Waals surface area (Å²) in [4.78, 5) is 28.6. The topological polar surface area (TPSA) is 74.9 Å². The van der Waals surface area contributed by atoms with Gasteiger partial charge in [-0.3, -0.25) is 4.79 Å². The number of aromatic carboxylic acids is 1. The van der Waals surface area contributed by atoms with E-state index in [1.165, 1.54) is 6.20 Å². The van der Waals surface area contributed by atoms with Gasteiger partial charge in [-0.2, -0.15) is 0 Å². The van der Waals surface area contributed by atoms with E-state index < -0.39 is 5.97 Å². The normalized spacial score (nSPS) is 14.2. The Morgan fingerprint density at radius 2 is 1.89 bits per heavy atom. The van der Waals surface area contributed by atoms with Crippen molar-refractivity contribution in [3.05, 3.63) is 47.9 Å². The standard InChI is InChI=1S/C13H11N3O3/c17-12(15-5-1-2-6-15)9-3-4-11-14-10(13(18)19)8-16(11)7-9/h1-4,7-8H,5-6H2,(H,18,19). The Morgan fingerprint density at radius 1 is 1.16 bits per heavy atom. The Morgan fingerprint density at radius 3 is 2.58 bits per heavy atom. The molecule has 0 saturated heterocycles. The minimum atomic E-state index is -1.08. The van der Waals surface area contributed by atoms with E-state index in [9.17, 15) is 9.59 Å². The number of fused-ring (bicyclic) bond motifs is 1. The summed E-state index contributed by atoms with van der Waals surface area (Å²) in [5, 5.41) is 8.88. The van der Waals surface area contributed by atoms with Gasteiger partial charge in [0, 0.05) is 25.5 Å². The molecular formula is C13H11N3O3. The molecule has 0 aromatic carbocycles. The first kappa shape index (κ1) is 11.5. The number of carboxylic acid groups (broad SMARTS) is 1. The van der Waals surface area contributed by atoms with Gasteiger partial charge in [-0.1, -0.05) is 12.2 Å². The largest absolute Gasteiger partial charge is 0.476 e. The van der Waals surface area contributed by atoms with Crippen LogP contribution in [-0.2, 0) is 0 Å². The fraction of sp³-hybridized carbons (Fsp3) is 0.154. The van der Waals surface area contributed by atoms with Gasteiger partial charge >= 0.3 is 5.97 Å². The summed E-state index contributed by atoms with van der Waals surface area (Å²) < 4.78 is 1.56. The highest BCUT2D eigenvalue weighted by atomic mass is 16.4. The highest BCUT2D eigenvalue weighted by Gasteiger charge is 2.17. The summed E-state index contributed by atoms with van der Waals surface area (Å²) >= 11 is 0. The first-order valence-electron chi connectivity index (χ1n) is 5.81. The molecule has 96 valence electrons. The second kappa shape index (κ2) is 4.24. The smallest absolute Gasteiger partial charge is 0.356 e. The van der Waals surface area contributed by atoms with E-state index in [4.69, 9.17) is 5.11 Å². The Hall–Kier alpha value is -2.63. The molecular weight excluding hydrogens is 246 g/mol. The number of aromatic nitrogens is 2. The number of carbonyl (C=O) groups is 2. The Balaban J connectivity index is 1.96. The summed E-state index contributed by atoms with van der Waals surface area (Å²) in [7, 11) is 0. The van der Waals surface area contributed by atoms with Crippen molar-refractivity contribution in [1.29, 1.82) is 0 Å². The molecule has 0 aliphatic carbocycles. The zero-order valence-corrected chi connectivity index (χ0v) is 9.98. The van der Waals surface area contributed by atoms with Gasteiger partial charge in [0.1, 0.15) is 5.65 Å². The molecule has 0 atom stereocenters. The predicted octanol–water partition coefficient (Wildman–Crippen LogP) is 1.04. The molecule has 2 aromatic heterocycles. The van der Waals surface area contributed by atoms with Crippen LogP contribution < -0.4 is 0 Å². The first-order valence-corrected chi connectivity index (χ1v) is 5.81. The van der Waals surface area contributed by atoms with Crippen LogP contribution in [0.1, 0.15) is 20.8 Å². The van der Waals surface area contributed by atoms with Gasteiger partial charge in [-0.25, -0.2) is 9.78 Å². The molecule has 1 aliphatic rings. The van der Waals surface area contributed by atoms with Crippen LogP contribution in [0.15, 0.2) is 36.7 Å². The third-order valence-corrected chi connectivity index (χ3v) is 3.02. The van der Waals surface area contributed by atoms with Crippen molar-refractivity contribution >= 4 is 17.5 Å². The molecule has 1 amide bonds. The van der Waals surface area contributed by atoms with Gasteiger partial charge in [0.05, 0.1) is 5.56 Å². The van der Waals surface area contributed by atoms with E-state index in [2.05, 4.69) is 4.98 Å². The quantitative estimate of drug-likeness (QED) is 0.816. The lowest BCUT2D eigenvalue weighted by molar-refractivity contribution is 0.0690. The number of amides is 1. The lowest BCUT2D eigenvalue weighted by atomic mass is 10.2. The summed E-state index contributed by atoms with van der Waals surface area (Å²) in [5.41, 5.74) is 0.992. The van der Waals surface area contributed by atoms with Crippen LogP contribution in [-0.4, -0.2) is 44.4 Å². The van der Waals surface area contributed by atoms with Crippen LogP contribution in [0.4, 0.5) is 0 Å². The second-order valence-electron chi connectivity index (χ2n) is 4.30. The third-order valence-electron chi connectivity index (χ3n) is 3.02. The highest BCUT2D eigenvalue weighted by Crippen LogP contribution is 2.12. The molecule has 0 saturated carbocycles. The lowest BCUT2D eigenvalue weighted by Crippen LogP contribution is -2.28. The van der Waals surface area contributed by atoms with Crippen LogP contribution in [0, 0.1) is 0 Å². The van der Waals surface area contributed by atoms with Crippen LogP contribution >= 0.6 is 0 Å². The predicted molar refractivity (Wildman–Crippen MR) is 67.2 cm³/mol. The Bertz CT molecular complexity index is 694. The van der Waals surface area contributed by atoms with Crippen molar-refractivity contribution in [3.63, 3.8) is 0 Å². The Labute approximate surface area is 108 Å². The lowest BCUT2D eigenvalue weighted by Gasteiger charge is -2.15. The molecule has 6 heteroatoms. The molecule has 0 radical (unpaired) electrons. The van der Waals surface area contributed by atoms with Gasteiger partial charge in [0.2, 0.25) is 0 Å². The molecule has 6 nitrogen and oxygen atoms in total. The van der Waals surface area contributed by atoms with Crippen molar-refractivity contribution in [2.45, 2.75) is 0 Å². The zero-order chi connectivity index (χ0) is 13.4. The van der Waals surface area contributed by atoms with Gasteiger partial charge in [0.15, 0.2) is 5.69 Å². The van der Waals surface area contributed by atoms with E-state index in [1.54, 1.807) is 27.6 Å². The van der Waals surface area contributed by atoms with Gasteiger partial charge < -0.3 is 14.4 Å². The summed E-state index contributed by atoms with van der Waals surface area (Å²) in [5.74, 6) is -1.15.